The largest absolute Gasteiger partial charge is 0.0651 e. The number of benzene rings is 2. The van der Waals surface area contributed by atoms with Gasteiger partial charge < -0.3 is 0 Å². The molecule has 2 rings (SSSR count). The predicted octanol–water partition coefficient (Wildman–Crippen LogP) is 7.13. The van der Waals surface area contributed by atoms with Crippen molar-refractivity contribution < 1.29 is 0 Å². The Bertz CT molecular complexity index is 691. The maximum atomic E-state index is 2.42. The second-order valence-electron chi connectivity index (χ2n) is 7.15. The quantitative estimate of drug-likeness (QED) is 0.484. The van der Waals surface area contributed by atoms with Crippen LogP contribution in [-0.4, -0.2) is 0 Å². The third-order valence-corrected chi connectivity index (χ3v) is 5.47. The Morgan fingerprint density at radius 3 is 1.58 bits per heavy atom. The predicted molar refractivity (Wildman–Crippen MR) is 109 cm³/mol. The van der Waals surface area contributed by atoms with Gasteiger partial charge in [0.25, 0.3) is 0 Å². The SMILES string of the molecule is CCCc1c(CCC)c(CC)c2c(CC)c(C)ccc2c1CCC. The van der Waals surface area contributed by atoms with Crippen LogP contribution < -0.4 is 0 Å². The van der Waals surface area contributed by atoms with E-state index in [2.05, 4.69) is 53.7 Å². The van der Waals surface area contributed by atoms with Gasteiger partial charge in [0, 0.05) is 0 Å². The molecule has 0 saturated carbocycles. The number of rotatable bonds is 8. The zero-order chi connectivity index (χ0) is 17.7. The Morgan fingerprint density at radius 2 is 1.08 bits per heavy atom. The van der Waals surface area contributed by atoms with Gasteiger partial charge in [-0.05, 0) is 83.2 Å². The van der Waals surface area contributed by atoms with Gasteiger partial charge in [-0.2, -0.15) is 0 Å². The lowest BCUT2D eigenvalue weighted by molar-refractivity contribution is 0.820. The van der Waals surface area contributed by atoms with Crippen LogP contribution in [-0.2, 0) is 32.1 Å². The molecule has 132 valence electrons. The fourth-order valence-corrected chi connectivity index (χ4v) is 4.51. The molecule has 0 saturated heterocycles. The van der Waals surface area contributed by atoms with Crippen LogP contribution >= 0.6 is 0 Å². The highest BCUT2D eigenvalue weighted by Crippen LogP contribution is 2.37. The van der Waals surface area contributed by atoms with E-state index < -0.39 is 0 Å². The molecule has 0 N–H and O–H groups in total. The van der Waals surface area contributed by atoms with Crippen LogP contribution in [0.4, 0.5) is 0 Å². The summed E-state index contributed by atoms with van der Waals surface area (Å²) in [7, 11) is 0. The van der Waals surface area contributed by atoms with E-state index in [1.165, 1.54) is 44.1 Å². The van der Waals surface area contributed by atoms with Crippen molar-refractivity contribution in [2.75, 3.05) is 0 Å². The first-order valence-electron chi connectivity index (χ1n) is 10.2. The highest BCUT2D eigenvalue weighted by atomic mass is 14.2. The number of aryl methyl sites for hydroxylation is 4. The fourth-order valence-electron chi connectivity index (χ4n) is 4.51. The summed E-state index contributed by atoms with van der Waals surface area (Å²) in [6.45, 7) is 13.9. The first-order chi connectivity index (χ1) is 11.6. The van der Waals surface area contributed by atoms with E-state index in [1.807, 2.05) is 0 Å². The summed E-state index contributed by atoms with van der Waals surface area (Å²) in [5, 5.41) is 3.16. The van der Waals surface area contributed by atoms with Gasteiger partial charge >= 0.3 is 0 Å². The van der Waals surface area contributed by atoms with Crippen molar-refractivity contribution >= 4 is 10.8 Å². The lowest BCUT2D eigenvalue weighted by Crippen LogP contribution is -2.08. The van der Waals surface area contributed by atoms with Crippen molar-refractivity contribution in [3.05, 3.63) is 45.5 Å². The van der Waals surface area contributed by atoms with E-state index in [0.717, 1.165) is 12.8 Å². The van der Waals surface area contributed by atoms with Crippen LogP contribution in [0, 0.1) is 6.92 Å². The van der Waals surface area contributed by atoms with Crippen LogP contribution in [0.5, 0.6) is 0 Å². The van der Waals surface area contributed by atoms with Gasteiger partial charge in [-0.1, -0.05) is 66.0 Å². The lowest BCUT2D eigenvalue weighted by atomic mass is 9.80. The van der Waals surface area contributed by atoms with E-state index in [0.29, 0.717) is 0 Å². The molecule has 0 fully saturated rings. The van der Waals surface area contributed by atoms with Crippen LogP contribution in [0.3, 0.4) is 0 Å². The van der Waals surface area contributed by atoms with Gasteiger partial charge in [-0.3, -0.25) is 0 Å². The lowest BCUT2D eigenvalue weighted by Gasteiger charge is -2.24. The van der Waals surface area contributed by atoms with E-state index in [9.17, 15) is 0 Å². The Kier molecular flexibility index (Phi) is 6.90. The molecule has 0 atom stereocenters. The summed E-state index contributed by atoms with van der Waals surface area (Å²) in [5.74, 6) is 0. The Labute approximate surface area is 149 Å². The van der Waals surface area contributed by atoms with Crippen molar-refractivity contribution in [2.45, 2.75) is 92.9 Å². The van der Waals surface area contributed by atoms with Gasteiger partial charge in [-0.25, -0.2) is 0 Å². The Hall–Kier alpha value is -1.30. The minimum Gasteiger partial charge on any atom is -0.0651 e. The summed E-state index contributed by atoms with van der Waals surface area (Å²) >= 11 is 0. The van der Waals surface area contributed by atoms with Crippen LogP contribution in [0.2, 0.25) is 0 Å². The molecule has 0 bridgehead atoms. The smallest absolute Gasteiger partial charge is 0.0112 e. The molecule has 24 heavy (non-hydrogen) atoms. The van der Waals surface area contributed by atoms with E-state index >= 15 is 0 Å². The number of fused-ring (bicyclic) bond motifs is 1. The molecule has 0 amide bonds. The Morgan fingerprint density at radius 1 is 0.583 bits per heavy atom. The Balaban J connectivity index is 2.99. The summed E-state index contributed by atoms with van der Waals surface area (Å²) in [6.07, 6.45) is 9.72. The van der Waals surface area contributed by atoms with Crippen molar-refractivity contribution in [1.29, 1.82) is 0 Å². The summed E-state index contributed by atoms with van der Waals surface area (Å²) in [5.41, 5.74) is 9.74. The molecular weight excluding hydrogens is 288 g/mol. The molecule has 0 aliphatic rings. The molecule has 0 nitrogen and oxygen atoms in total. The third kappa shape index (κ3) is 3.39. The minimum atomic E-state index is 1.14. The van der Waals surface area contributed by atoms with Gasteiger partial charge in [-0.15, -0.1) is 0 Å². The topological polar surface area (TPSA) is 0 Å². The van der Waals surface area contributed by atoms with Crippen LogP contribution in [0.25, 0.3) is 10.8 Å². The average Bonchev–Trinajstić information content (AvgIpc) is 2.58. The first kappa shape index (κ1) is 19.0. The van der Waals surface area contributed by atoms with E-state index in [4.69, 9.17) is 0 Å². The van der Waals surface area contributed by atoms with E-state index in [1.54, 1.807) is 38.6 Å². The van der Waals surface area contributed by atoms with Gasteiger partial charge in [0.1, 0.15) is 0 Å². The fraction of sp³-hybridized carbons (Fsp3) is 0.583. The maximum Gasteiger partial charge on any atom is -0.0112 e. The maximum absolute atomic E-state index is 2.42. The third-order valence-electron chi connectivity index (χ3n) is 5.47. The summed E-state index contributed by atoms with van der Waals surface area (Å²) in [4.78, 5) is 0. The van der Waals surface area contributed by atoms with Gasteiger partial charge in [0.05, 0.1) is 0 Å². The average molecular weight is 325 g/mol. The van der Waals surface area contributed by atoms with Crippen molar-refractivity contribution in [3.8, 4) is 0 Å². The zero-order valence-electron chi connectivity index (χ0n) is 16.8. The number of hydrogen-bond donors (Lipinski definition) is 0. The summed E-state index contributed by atoms with van der Waals surface area (Å²) in [6, 6.07) is 4.78. The minimum absolute atomic E-state index is 1.14. The molecule has 0 radical (unpaired) electrons. The van der Waals surface area contributed by atoms with E-state index in [-0.39, 0.29) is 0 Å². The second kappa shape index (κ2) is 8.70. The van der Waals surface area contributed by atoms with Crippen molar-refractivity contribution in [3.63, 3.8) is 0 Å². The second-order valence-corrected chi connectivity index (χ2v) is 7.15. The summed E-state index contributed by atoms with van der Waals surface area (Å²) < 4.78 is 0. The van der Waals surface area contributed by atoms with Crippen LogP contribution in [0.15, 0.2) is 12.1 Å². The molecule has 0 aliphatic carbocycles. The standard InChI is InChI=1S/C24H36/c1-7-12-20-19(11-5)24-18(10-4)17(6)15-16-23(24)22(14-9-3)21(20)13-8-2/h15-16H,7-14H2,1-6H3. The van der Waals surface area contributed by atoms with Crippen molar-refractivity contribution in [2.24, 2.45) is 0 Å². The van der Waals surface area contributed by atoms with Crippen molar-refractivity contribution in [1.82, 2.24) is 0 Å². The number of hydrogen-bond acceptors (Lipinski definition) is 0. The molecule has 0 aromatic heterocycles. The van der Waals surface area contributed by atoms with Gasteiger partial charge in [0.2, 0.25) is 0 Å². The normalized spacial score (nSPS) is 11.4. The molecule has 0 unspecified atom stereocenters. The highest BCUT2D eigenvalue weighted by Gasteiger charge is 2.19. The van der Waals surface area contributed by atoms with Gasteiger partial charge in [0.15, 0.2) is 0 Å². The molecule has 2 aromatic rings. The molecule has 2 aromatic carbocycles. The first-order valence-corrected chi connectivity index (χ1v) is 10.2. The molecular formula is C24H36. The zero-order valence-corrected chi connectivity index (χ0v) is 16.8. The molecule has 0 spiro atoms. The molecule has 0 heteroatoms. The van der Waals surface area contributed by atoms with Crippen LogP contribution in [0.1, 0.15) is 87.3 Å². The molecule has 0 aliphatic heterocycles. The highest BCUT2D eigenvalue weighted by molar-refractivity contribution is 5.94. The monoisotopic (exact) mass is 324 g/mol. The molecule has 0 heterocycles.